The Kier molecular flexibility index (Phi) is 6.98. The number of esters is 1. The van der Waals surface area contributed by atoms with Gasteiger partial charge in [-0.05, 0) is 49.7 Å². The lowest BCUT2D eigenvalue weighted by Crippen LogP contribution is -2.06. The molecule has 0 aliphatic rings. The van der Waals surface area contributed by atoms with Gasteiger partial charge in [-0.2, -0.15) is 0 Å². The number of para-hydroxylation sites is 1. The van der Waals surface area contributed by atoms with Gasteiger partial charge in [0.05, 0.1) is 17.7 Å². The molecular formula is C21H23ClN2O2. The molecule has 3 rings (SSSR count). The van der Waals surface area contributed by atoms with Gasteiger partial charge in [0.25, 0.3) is 0 Å². The predicted molar refractivity (Wildman–Crippen MR) is 109 cm³/mol. The summed E-state index contributed by atoms with van der Waals surface area (Å²) in [6, 6.07) is 17.4. The van der Waals surface area contributed by atoms with E-state index in [0.29, 0.717) is 12.2 Å². The van der Waals surface area contributed by atoms with Crippen LogP contribution in [-0.4, -0.2) is 17.6 Å². The van der Waals surface area contributed by atoms with Crippen molar-refractivity contribution in [3.05, 3.63) is 65.9 Å². The van der Waals surface area contributed by atoms with Crippen molar-refractivity contribution < 1.29 is 9.53 Å². The van der Waals surface area contributed by atoms with E-state index in [2.05, 4.69) is 17.2 Å². The quantitative estimate of drug-likeness (QED) is 0.449. The fourth-order valence-electron chi connectivity index (χ4n) is 2.65. The van der Waals surface area contributed by atoms with Crippen LogP contribution in [0.15, 0.2) is 54.6 Å². The number of pyridine rings is 1. The molecule has 1 aromatic heterocycles. The molecule has 0 aliphatic carbocycles. The van der Waals surface area contributed by atoms with Crippen LogP contribution in [0.2, 0.25) is 0 Å². The first kappa shape index (κ1) is 19.7. The number of nitrogens with zero attached hydrogens (tertiary/aromatic N) is 1. The van der Waals surface area contributed by atoms with Gasteiger partial charge in [-0.15, -0.1) is 12.4 Å². The third-order valence-electron chi connectivity index (χ3n) is 3.97. The number of halogens is 1. The summed E-state index contributed by atoms with van der Waals surface area (Å²) in [6.45, 7) is 4.52. The second kappa shape index (κ2) is 9.20. The third-order valence-corrected chi connectivity index (χ3v) is 3.97. The SMILES string of the molecule is CCCCOC(=O)c1ccc(Nc2cc(C)nc3ccccc23)cc1.Cl. The van der Waals surface area contributed by atoms with Crippen molar-refractivity contribution in [3.8, 4) is 0 Å². The largest absolute Gasteiger partial charge is 0.462 e. The zero-order valence-electron chi connectivity index (χ0n) is 15.0. The summed E-state index contributed by atoms with van der Waals surface area (Å²) in [5.74, 6) is -0.273. The molecule has 136 valence electrons. The molecule has 0 bridgehead atoms. The highest BCUT2D eigenvalue weighted by molar-refractivity contribution is 5.94. The van der Waals surface area contributed by atoms with Gasteiger partial charge >= 0.3 is 5.97 Å². The average molecular weight is 371 g/mol. The summed E-state index contributed by atoms with van der Waals surface area (Å²) in [4.78, 5) is 16.5. The standard InChI is InChI=1S/C21H22N2O2.ClH/c1-3-4-13-25-21(24)16-9-11-17(12-10-16)23-20-14-15(2)22-19-8-6-5-7-18(19)20;/h5-12,14H,3-4,13H2,1-2H3,(H,22,23);1H. The van der Waals surface area contributed by atoms with Crippen molar-refractivity contribution in [1.29, 1.82) is 0 Å². The van der Waals surface area contributed by atoms with Gasteiger partial charge in [-0.3, -0.25) is 4.98 Å². The van der Waals surface area contributed by atoms with E-state index in [9.17, 15) is 4.79 Å². The number of carbonyl (C=O) groups is 1. The van der Waals surface area contributed by atoms with E-state index in [1.165, 1.54) is 0 Å². The fraction of sp³-hybridized carbons (Fsp3) is 0.238. The van der Waals surface area contributed by atoms with Crippen LogP contribution >= 0.6 is 12.4 Å². The molecule has 3 aromatic rings. The number of benzene rings is 2. The van der Waals surface area contributed by atoms with Crippen LogP contribution < -0.4 is 5.32 Å². The molecule has 0 saturated carbocycles. The Labute approximate surface area is 160 Å². The van der Waals surface area contributed by atoms with Crippen LogP contribution in [0.25, 0.3) is 10.9 Å². The molecule has 1 N–H and O–H groups in total. The molecule has 26 heavy (non-hydrogen) atoms. The molecular weight excluding hydrogens is 348 g/mol. The van der Waals surface area contributed by atoms with Gasteiger partial charge in [-0.1, -0.05) is 31.5 Å². The zero-order valence-corrected chi connectivity index (χ0v) is 15.8. The minimum atomic E-state index is -0.273. The molecule has 0 atom stereocenters. The van der Waals surface area contributed by atoms with Crippen molar-refractivity contribution in [2.24, 2.45) is 0 Å². The highest BCUT2D eigenvalue weighted by Gasteiger charge is 2.08. The topological polar surface area (TPSA) is 51.2 Å². The van der Waals surface area contributed by atoms with E-state index in [0.717, 1.165) is 40.8 Å². The first-order valence-corrected chi connectivity index (χ1v) is 8.58. The van der Waals surface area contributed by atoms with Crippen molar-refractivity contribution in [2.75, 3.05) is 11.9 Å². The van der Waals surface area contributed by atoms with E-state index in [4.69, 9.17) is 4.74 Å². The first-order chi connectivity index (χ1) is 12.2. The van der Waals surface area contributed by atoms with Crippen molar-refractivity contribution in [2.45, 2.75) is 26.7 Å². The minimum absolute atomic E-state index is 0. The number of aromatic nitrogens is 1. The number of fused-ring (bicyclic) bond motifs is 1. The second-order valence-electron chi connectivity index (χ2n) is 6.02. The molecule has 0 unspecified atom stereocenters. The molecule has 5 heteroatoms. The molecule has 0 fully saturated rings. The van der Waals surface area contributed by atoms with Gasteiger partial charge < -0.3 is 10.1 Å². The summed E-state index contributed by atoms with van der Waals surface area (Å²) in [7, 11) is 0. The maximum atomic E-state index is 12.0. The lowest BCUT2D eigenvalue weighted by Gasteiger charge is -2.11. The summed E-state index contributed by atoms with van der Waals surface area (Å²) >= 11 is 0. The number of nitrogens with one attached hydrogen (secondary N) is 1. The lowest BCUT2D eigenvalue weighted by atomic mass is 10.1. The summed E-state index contributed by atoms with van der Waals surface area (Å²) in [6.07, 6.45) is 1.90. The zero-order chi connectivity index (χ0) is 17.6. The van der Waals surface area contributed by atoms with Crippen molar-refractivity contribution >= 4 is 40.7 Å². The van der Waals surface area contributed by atoms with Crippen LogP contribution in [0.5, 0.6) is 0 Å². The van der Waals surface area contributed by atoms with Crippen LogP contribution in [0.3, 0.4) is 0 Å². The van der Waals surface area contributed by atoms with E-state index < -0.39 is 0 Å². The van der Waals surface area contributed by atoms with Gasteiger partial charge in [0, 0.05) is 22.5 Å². The minimum Gasteiger partial charge on any atom is -0.462 e. The maximum Gasteiger partial charge on any atom is 0.338 e. The number of ether oxygens (including phenoxy) is 1. The molecule has 4 nitrogen and oxygen atoms in total. The molecule has 0 saturated heterocycles. The van der Waals surface area contributed by atoms with Gasteiger partial charge in [0.2, 0.25) is 0 Å². The first-order valence-electron chi connectivity index (χ1n) is 8.58. The van der Waals surface area contributed by atoms with Crippen molar-refractivity contribution in [1.82, 2.24) is 4.98 Å². The number of carbonyl (C=O) groups excluding carboxylic acids is 1. The van der Waals surface area contributed by atoms with Gasteiger partial charge in [0.1, 0.15) is 0 Å². The smallest absolute Gasteiger partial charge is 0.338 e. The predicted octanol–water partition coefficient (Wildman–Crippen LogP) is 5.67. The fourth-order valence-corrected chi connectivity index (χ4v) is 2.65. The number of anilines is 2. The monoisotopic (exact) mass is 370 g/mol. The molecule has 0 amide bonds. The normalized spacial score (nSPS) is 10.2. The third kappa shape index (κ3) is 4.73. The van der Waals surface area contributed by atoms with E-state index in [1.54, 1.807) is 12.1 Å². The maximum absolute atomic E-state index is 12.0. The Bertz CT molecular complexity index is 879. The number of unbranched alkanes of at least 4 members (excludes halogenated alkanes) is 1. The Morgan fingerprint density at radius 3 is 2.58 bits per heavy atom. The second-order valence-corrected chi connectivity index (χ2v) is 6.02. The molecule has 0 spiro atoms. The van der Waals surface area contributed by atoms with E-state index in [-0.39, 0.29) is 18.4 Å². The van der Waals surface area contributed by atoms with Gasteiger partial charge in [-0.25, -0.2) is 4.79 Å². The Morgan fingerprint density at radius 2 is 1.85 bits per heavy atom. The Balaban J connectivity index is 0.00000243. The Morgan fingerprint density at radius 1 is 1.12 bits per heavy atom. The van der Waals surface area contributed by atoms with Gasteiger partial charge in [0.15, 0.2) is 0 Å². The van der Waals surface area contributed by atoms with Crippen LogP contribution in [-0.2, 0) is 4.74 Å². The lowest BCUT2D eigenvalue weighted by molar-refractivity contribution is 0.0500. The van der Waals surface area contributed by atoms with E-state index in [1.807, 2.05) is 49.4 Å². The number of aryl methyl sites for hydroxylation is 1. The number of rotatable bonds is 6. The van der Waals surface area contributed by atoms with E-state index >= 15 is 0 Å². The number of hydrogen-bond acceptors (Lipinski definition) is 4. The Hall–Kier alpha value is -2.59. The van der Waals surface area contributed by atoms with Crippen LogP contribution in [0.4, 0.5) is 11.4 Å². The highest BCUT2D eigenvalue weighted by atomic mass is 35.5. The number of hydrogen-bond donors (Lipinski definition) is 1. The van der Waals surface area contributed by atoms with Crippen molar-refractivity contribution in [3.63, 3.8) is 0 Å². The molecule has 0 radical (unpaired) electrons. The summed E-state index contributed by atoms with van der Waals surface area (Å²) in [5.41, 5.74) is 4.40. The average Bonchev–Trinajstić information content (AvgIpc) is 2.62. The highest BCUT2D eigenvalue weighted by Crippen LogP contribution is 2.26. The van der Waals surface area contributed by atoms with Crippen LogP contribution in [0, 0.1) is 6.92 Å². The molecule has 2 aromatic carbocycles. The molecule has 1 heterocycles. The summed E-state index contributed by atoms with van der Waals surface area (Å²) in [5, 5.41) is 4.48. The summed E-state index contributed by atoms with van der Waals surface area (Å²) < 4.78 is 5.23. The van der Waals surface area contributed by atoms with Crippen LogP contribution in [0.1, 0.15) is 35.8 Å². The molecule has 0 aliphatic heterocycles.